The van der Waals surface area contributed by atoms with Crippen molar-refractivity contribution in [1.29, 1.82) is 0 Å². The highest BCUT2D eigenvalue weighted by molar-refractivity contribution is 5.91. The molecule has 0 saturated heterocycles. The number of benzene rings is 9. The first-order chi connectivity index (χ1) is 29.0. The van der Waals surface area contributed by atoms with Crippen LogP contribution in [0.4, 0.5) is 17.1 Å². The van der Waals surface area contributed by atoms with Crippen molar-refractivity contribution in [3.05, 3.63) is 258 Å². The predicted molar refractivity (Wildman–Crippen MR) is 247 cm³/mol. The van der Waals surface area contributed by atoms with Crippen LogP contribution >= 0.6 is 0 Å². The van der Waals surface area contributed by atoms with Crippen LogP contribution in [0.3, 0.4) is 0 Å². The molecule has 0 saturated carbocycles. The number of hydrogen-bond acceptors (Lipinski definition) is 1. The molecule has 0 bridgehead atoms. The first kappa shape index (κ1) is 35.0. The molecule has 0 spiro atoms. The first-order valence-corrected chi connectivity index (χ1v) is 20.7. The molecule has 0 amide bonds. The quantitative estimate of drug-likeness (QED) is 0.157. The van der Waals surface area contributed by atoms with E-state index in [1.165, 1.54) is 77.9 Å². The highest BCUT2D eigenvalue weighted by atomic mass is 15.1. The third-order valence-corrected chi connectivity index (χ3v) is 13.0. The number of fused-ring (bicyclic) bond motifs is 6. The van der Waals surface area contributed by atoms with E-state index in [0.29, 0.717) is 0 Å². The molecule has 0 unspecified atom stereocenters. The standard InChI is InChI=1S/C58H43N/c1-57(2)53-24-14-12-22-49(53)51-36-34-47(38-55(51)57)59(46-20-10-5-11-21-46)48-35-37-52-50-23-13-15-25-54(50)58(56(52)39-48,44-30-26-42(27-31-44)40-16-6-3-7-17-40)45-32-28-43(29-33-45)41-18-8-4-9-19-41/h3-39H,1-2H3. The largest absolute Gasteiger partial charge is 0.310 e. The van der Waals surface area contributed by atoms with Gasteiger partial charge in [0.2, 0.25) is 0 Å². The summed E-state index contributed by atoms with van der Waals surface area (Å²) >= 11 is 0. The van der Waals surface area contributed by atoms with Gasteiger partial charge in [0.05, 0.1) is 5.41 Å². The summed E-state index contributed by atoms with van der Waals surface area (Å²) < 4.78 is 0. The third kappa shape index (κ3) is 5.46. The molecule has 0 aromatic heterocycles. The van der Waals surface area contributed by atoms with Crippen LogP contribution in [-0.2, 0) is 10.8 Å². The lowest BCUT2D eigenvalue weighted by Gasteiger charge is -2.35. The number of nitrogens with zero attached hydrogens (tertiary/aromatic N) is 1. The maximum absolute atomic E-state index is 2.48. The lowest BCUT2D eigenvalue weighted by molar-refractivity contribution is 0.660. The molecule has 280 valence electrons. The minimum atomic E-state index is -0.573. The first-order valence-electron chi connectivity index (χ1n) is 20.7. The van der Waals surface area contributed by atoms with Crippen LogP contribution in [0.25, 0.3) is 44.5 Å². The van der Waals surface area contributed by atoms with Gasteiger partial charge in [-0.25, -0.2) is 0 Å². The summed E-state index contributed by atoms with van der Waals surface area (Å²) in [5, 5.41) is 0. The van der Waals surface area contributed by atoms with Crippen LogP contribution in [0.15, 0.2) is 224 Å². The summed E-state index contributed by atoms with van der Waals surface area (Å²) in [6.45, 7) is 4.73. The molecule has 0 aliphatic heterocycles. The van der Waals surface area contributed by atoms with Crippen molar-refractivity contribution in [2.24, 2.45) is 0 Å². The van der Waals surface area contributed by atoms with Crippen molar-refractivity contribution in [3.8, 4) is 44.5 Å². The van der Waals surface area contributed by atoms with Gasteiger partial charge < -0.3 is 4.90 Å². The Morgan fingerprint density at radius 2 is 0.678 bits per heavy atom. The van der Waals surface area contributed by atoms with Crippen molar-refractivity contribution < 1.29 is 0 Å². The summed E-state index contributed by atoms with van der Waals surface area (Å²) in [5.41, 5.74) is 20.6. The molecule has 2 aliphatic rings. The Bertz CT molecular complexity index is 2900. The van der Waals surface area contributed by atoms with E-state index >= 15 is 0 Å². The molecule has 1 heteroatoms. The summed E-state index contributed by atoms with van der Waals surface area (Å²) in [5.74, 6) is 0. The molecule has 59 heavy (non-hydrogen) atoms. The van der Waals surface area contributed by atoms with Crippen LogP contribution in [-0.4, -0.2) is 0 Å². The zero-order valence-corrected chi connectivity index (χ0v) is 33.3. The van der Waals surface area contributed by atoms with Gasteiger partial charge in [0.15, 0.2) is 0 Å². The molecule has 2 aliphatic carbocycles. The van der Waals surface area contributed by atoms with E-state index in [1.54, 1.807) is 0 Å². The van der Waals surface area contributed by atoms with E-state index in [1.807, 2.05) is 0 Å². The summed E-state index contributed by atoms with van der Waals surface area (Å²) in [7, 11) is 0. The van der Waals surface area contributed by atoms with Crippen LogP contribution in [0.1, 0.15) is 47.2 Å². The highest BCUT2D eigenvalue weighted by Gasteiger charge is 2.46. The molecule has 0 heterocycles. The van der Waals surface area contributed by atoms with E-state index in [9.17, 15) is 0 Å². The van der Waals surface area contributed by atoms with Crippen LogP contribution in [0.2, 0.25) is 0 Å². The SMILES string of the molecule is CC1(C)c2ccccc2-c2ccc(N(c3ccccc3)c3ccc4c(c3)C(c3ccc(-c5ccccc5)cc3)(c3ccc(-c5ccccc5)cc3)c3ccccc3-4)cc21. The van der Waals surface area contributed by atoms with Crippen molar-refractivity contribution in [3.63, 3.8) is 0 Å². The van der Waals surface area contributed by atoms with Crippen molar-refractivity contribution in [2.75, 3.05) is 4.90 Å². The summed E-state index contributed by atoms with van der Waals surface area (Å²) in [6.07, 6.45) is 0. The maximum atomic E-state index is 2.48. The van der Waals surface area contributed by atoms with Crippen LogP contribution in [0.5, 0.6) is 0 Å². The van der Waals surface area contributed by atoms with Crippen LogP contribution < -0.4 is 4.90 Å². The molecular formula is C58H43N. The van der Waals surface area contributed by atoms with Gasteiger partial charge in [-0.2, -0.15) is 0 Å². The Balaban J connectivity index is 1.14. The van der Waals surface area contributed by atoms with E-state index in [4.69, 9.17) is 0 Å². The van der Waals surface area contributed by atoms with Crippen molar-refractivity contribution in [2.45, 2.75) is 24.7 Å². The molecule has 0 fully saturated rings. The number of rotatable bonds is 7. The van der Waals surface area contributed by atoms with Gasteiger partial charge in [0.25, 0.3) is 0 Å². The second-order valence-electron chi connectivity index (χ2n) is 16.5. The monoisotopic (exact) mass is 753 g/mol. The fourth-order valence-electron chi connectivity index (χ4n) is 10.1. The zero-order valence-electron chi connectivity index (χ0n) is 33.3. The smallest absolute Gasteiger partial charge is 0.0714 e. The average molecular weight is 754 g/mol. The Labute approximate surface area is 347 Å². The fourth-order valence-corrected chi connectivity index (χ4v) is 10.1. The second-order valence-corrected chi connectivity index (χ2v) is 16.5. The number of hydrogen-bond donors (Lipinski definition) is 0. The van der Waals surface area contributed by atoms with Gasteiger partial charge in [-0.05, 0) is 114 Å². The topological polar surface area (TPSA) is 3.24 Å². The van der Waals surface area contributed by atoms with E-state index in [2.05, 4.69) is 243 Å². The lowest BCUT2D eigenvalue weighted by atomic mass is 9.67. The molecule has 9 aromatic rings. The summed E-state index contributed by atoms with van der Waals surface area (Å²) in [4.78, 5) is 2.45. The molecule has 11 rings (SSSR count). The fraction of sp³-hybridized carbons (Fsp3) is 0.0690. The van der Waals surface area contributed by atoms with E-state index in [0.717, 1.165) is 17.1 Å². The molecule has 9 aromatic carbocycles. The predicted octanol–water partition coefficient (Wildman–Crippen LogP) is 15.2. The summed E-state index contributed by atoms with van der Waals surface area (Å²) in [6, 6.07) is 83.1. The Morgan fingerprint density at radius 1 is 0.288 bits per heavy atom. The minimum absolute atomic E-state index is 0.114. The van der Waals surface area contributed by atoms with Gasteiger partial charge in [0, 0.05) is 22.5 Å². The van der Waals surface area contributed by atoms with Crippen molar-refractivity contribution in [1.82, 2.24) is 0 Å². The second kappa shape index (κ2) is 13.7. The zero-order chi connectivity index (χ0) is 39.6. The van der Waals surface area contributed by atoms with E-state index < -0.39 is 5.41 Å². The number of para-hydroxylation sites is 1. The van der Waals surface area contributed by atoms with Gasteiger partial charge in [-0.15, -0.1) is 0 Å². The third-order valence-electron chi connectivity index (χ3n) is 13.0. The maximum Gasteiger partial charge on any atom is 0.0714 e. The van der Waals surface area contributed by atoms with Gasteiger partial charge in [0.1, 0.15) is 0 Å². The van der Waals surface area contributed by atoms with E-state index in [-0.39, 0.29) is 5.41 Å². The van der Waals surface area contributed by atoms with Gasteiger partial charge in [-0.1, -0.05) is 202 Å². The molecule has 0 radical (unpaired) electrons. The molecule has 0 N–H and O–H groups in total. The van der Waals surface area contributed by atoms with Gasteiger partial charge >= 0.3 is 0 Å². The molecule has 0 atom stereocenters. The van der Waals surface area contributed by atoms with Crippen LogP contribution in [0, 0.1) is 0 Å². The molecular weight excluding hydrogens is 711 g/mol. The van der Waals surface area contributed by atoms with Crippen molar-refractivity contribution >= 4 is 17.1 Å². The lowest BCUT2D eigenvalue weighted by Crippen LogP contribution is -2.28. The van der Waals surface area contributed by atoms with Gasteiger partial charge in [-0.3, -0.25) is 0 Å². The Hall–Kier alpha value is -7.22. The average Bonchev–Trinajstić information content (AvgIpc) is 3.72. The number of anilines is 3. The highest BCUT2D eigenvalue weighted by Crippen LogP contribution is 2.58. The normalized spacial score (nSPS) is 13.9. The Morgan fingerprint density at radius 3 is 1.22 bits per heavy atom. The molecule has 1 nitrogen and oxygen atoms in total. The minimum Gasteiger partial charge on any atom is -0.310 e. The Kier molecular flexibility index (Phi) is 8.13.